The fraction of sp³-hybridized carbons (Fsp3) is 0.500. The zero-order chi connectivity index (χ0) is 14.3. The van der Waals surface area contributed by atoms with Crippen LogP contribution >= 0.6 is 11.6 Å². The highest BCUT2D eigenvalue weighted by Gasteiger charge is 2.17. The number of hydrogen-bond acceptors (Lipinski definition) is 3. The van der Waals surface area contributed by atoms with Gasteiger partial charge in [0.15, 0.2) is 6.10 Å². The molecule has 0 aliphatic heterocycles. The summed E-state index contributed by atoms with van der Waals surface area (Å²) >= 11 is 6.15. The molecule has 1 amide bonds. The summed E-state index contributed by atoms with van der Waals surface area (Å²) in [5.74, 6) is 0.431. The van der Waals surface area contributed by atoms with Gasteiger partial charge in [-0.15, -0.1) is 0 Å². The van der Waals surface area contributed by atoms with E-state index in [9.17, 15) is 4.79 Å². The van der Waals surface area contributed by atoms with E-state index < -0.39 is 6.10 Å². The Kier molecular flexibility index (Phi) is 6.67. The lowest BCUT2D eigenvalue weighted by Gasteiger charge is -2.18. The average Bonchev–Trinajstić information content (AvgIpc) is 2.39. The summed E-state index contributed by atoms with van der Waals surface area (Å²) in [5.41, 5.74) is 0.950. The summed E-state index contributed by atoms with van der Waals surface area (Å²) in [7, 11) is 0. The molecule has 0 fully saturated rings. The molecule has 0 spiro atoms. The van der Waals surface area contributed by atoms with Gasteiger partial charge in [0.25, 0.3) is 5.91 Å². The molecule has 4 nitrogen and oxygen atoms in total. The predicted octanol–water partition coefficient (Wildman–Crippen LogP) is 2.35. The van der Waals surface area contributed by atoms with E-state index in [0.29, 0.717) is 23.9 Å². The van der Waals surface area contributed by atoms with Gasteiger partial charge in [0.05, 0.1) is 5.02 Å². The zero-order valence-electron chi connectivity index (χ0n) is 11.6. The molecule has 19 heavy (non-hydrogen) atoms. The number of nitrogens with one attached hydrogen (secondary N) is 2. The first-order valence-electron chi connectivity index (χ1n) is 6.52. The molecule has 2 N–H and O–H groups in total. The molecule has 1 aromatic rings. The Bertz CT molecular complexity index is 424. The van der Waals surface area contributed by atoms with Gasteiger partial charge in [-0.25, -0.2) is 0 Å². The molecular weight excluding hydrogens is 264 g/mol. The lowest BCUT2D eigenvalue weighted by molar-refractivity contribution is -0.127. The molecule has 0 radical (unpaired) electrons. The van der Waals surface area contributed by atoms with Gasteiger partial charge in [-0.3, -0.25) is 4.79 Å². The minimum absolute atomic E-state index is 0.142. The quantitative estimate of drug-likeness (QED) is 0.808. The lowest BCUT2D eigenvalue weighted by Crippen LogP contribution is -2.36. The minimum atomic E-state index is -0.569. The van der Waals surface area contributed by atoms with E-state index in [1.54, 1.807) is 13.0 Å². The van der Waals surface area contributed by atoms with Crippen LogP contribution in [0.5, 0.6) is 5.75 Å². The molecule has 1 unspecified atom stereocenters. The lowest BCUT2D eigenvalue weighted by atomic mass is 10.2. The summed E-state index contributed by atoms with van der Waals surface area (Å²) in [6.07, 6.45) is -0.569. The Hall–Kier alpha value is -1.26. The molecule has 0 bridgehead atoms. The molecule has 106 valence electrons. The minimum Gasteiger partial charge on any atom is -0.479 e. The van der Waals surface area contributed by atoms with Crippen LogP contribution in [-0.4, -0.2) is 25.1 Å². The van der Waals surface area contributed by atoms with E-state index >= 15 is 0 Å². The SMILES string of the molecule is CCNCc1cccc(Cl)c1OC(C)C(=O)NCC. The van der Waals surface area contributed by atoms with Crippen LogP contribution in [0, 0.1) is 0 Å². The van der Waals surface area contributed by atoms with E-state index in [-0.39, 0.29) is 5.91 Å². The third-order valence-electron chi connectivity index (χ3n) is 2.63. The molecule has 0 aliphatic rings. The van der Waals surface area contributed by atoms with Crippen LogP contribution in [0.15, 0.2) is 18.2 Å². The largest absolute Gasteiger partial charge is 0.479 e. The first-order chi connectivity index (χ1) is 9.10. The Morgan fingerprint density at radius 2 is 2.11 bits per heavy atom. The molecule has 1 aromatic carbocycles. The molecule has 0 saturated heterocycles. The maximum absolute atomic E-state index is 11.7. The van der Waals surface area contributed by atoms with Gasteiger partial charge in [0.2, 0.25) is 0 Å². The third kappa shape index (κ3) is 4.73. The first kappa shape index (κ1) is 15.8. The average molecular weight is 285 g/mol. The number of ether oxygens (including phenoxy) is 1. The summed E-state index contributed by atoms with van der Waals surface area (Å²) in [6, 6.07) is 5.57. The number of amides is 1. The number of likely N-dealkylation sites (N-methyl/N-ethyl adjacent to an activating group) is 1. The molecule has 0 aliphatic carbocycles. The number of carbonyl (C=O) groups is 1. The summed E-state index contributed by atoms with van der Waals surface area (Å²) in [5, 5.41) is 6.47. The van der Waals surface area contributed by atoms with Crippen LogP contribution in [-0.2, 0) is 11.3 Å². The third-order valence-corrected chi connectivity index (χ3v) is 2.93. The second-order valence-corrected chi connectivity index (χ2v) is 4.57. The van der Waals surface area contributed by atoms with Gasteiger partial charge in [-0.1, -0.05) is 30.7 Å². The summed E-state index contributed by atoms with van der Waals surface area (Å²) in [6.45, 7) is 7.72. The van der Waals surface area contributed by atoms with Crippen LogP contribution < -0.4 is 15.4 Å². The Morgan fingerprint density at radius 3 is 2.74 bits per heavy atom. The summed E-state index contributed by atoms with van der Waals surface area (Å²) < 4.78 is 5.70. The van der Waals surface area contributed by atoms with Gasteiger partial charge in [-0.2, -0.15) is 0 Å². The first-order valence-corrected chi connectivity index (χ1v) is 6.90. The van der Waals surface area contributed by atoms with Crippen molar-refractivity contribution in [1.29, 1.82) is 0 Å². The van der Waals surface area contributed by atoms with Crippen LogP contribution in [0.4, 0.5) is 0 Å². The number of para-hydroxylation sites is 1. The second kappa shape index (κ2) is 8.02. The van der Waals surface area contributed by atoms with Crippen molar-refractivity contribution in [3.63, 3.8) is 0 Å². The van der Waals surface area contributed by atoms with Crippen LogP contribution in [0.25, 0.3) is 0 Å². The Labute approximate surface area is 119 Å². The molecule has 5 heteroatoms. The van der Waals surface area contributed by atoms with Crippen molar-refractivity contribution in [1.82, 2.24) is 10.6 Å². The van der Waals surface area contributed by atoms with E-state index in [0.717, 1.165) is 12.1 Å². The van der Waals surface area contributed by atoms with Crippen molar-refractivity contribution in [3.8, 4) is 5.75 Å². The number of rotatable bonds is 7. The van der Waals surface area contributed by atoms with Crippen molar-refractivity contribution in [3.05, 3.63) is 28.8 Å². The molecule has 0 heterocycles. The highest BCUT2D eigenvalue weighted by Crippen LogP contribution is 2.29. The second-order valence-electron chi connectivity index (χ2n) is 4.16. The molecule has 0 saturated carbocycles. The number of benzene rings is 1. The standard InChI is InChI=1S/C14H21ClN2O2/c1-4-16-9-11-7-6-8-12(15)13(11)19-10(3)14(18)17-5-2/h6-8,10,16H,4-5,9H2,1-3H3,(H,17,18). The van der Waals surface area contributed by atoms with Crippen molar-refractivity contribution >= 4 is 17.5 Å². The van der Waals surface area contributed by atoms with Gasteiger partial charge < -0.3 is 15.4 Å². The van der Waals surface area contributed by atoms with Crippen molar-refractivity contribution in [2.75, 3.05) is 13.1 Å². The smallest absolute Gasteiger partial charge is 0.260 e. The monoisotopic (exact) mass is 284 g/mol. The van der Waals surface area contributed by atoms with Crippen LogP contribution in [0.3, 0.4) is 0 Å². The Balaban J connectivity index is 2.83. The van der Waals surface area contributed by atoms with Gasteiger partial charge in [0, 0.05) is 18.7 Å². The predicted molar refractivity (Wildman–Crippen MR) is 77.6 cm³/mol. The maximum Gasteiger partial charge on any atom is 0.260 e. The number of carbonyl (C=O) groups excluding carboxylic acids is 1. The van der Waals surface area contributed by atoms with Crippen molar-refractivity contribution < 1.29 is 9.53 Å². The number of halogens is 1. The molecular formula is C14H21ClN2O2. The van der Waals surface area contributed by atoms with Gasteiger partial charge in [0.1, 0.15) is 5.75 Å². The zero-order valence-corrected chi connectivity index (χ0v) is 12.4. The topological polar surface area (TPSA) is 50.4 Å². The molecule has 1 rings (SSSR count). The highest BCUT2D eigenvalue weighted by atomic mass is 35.5. The van der Waals surface area contributed by atoms with Gasteiger partial charge >= 0.3 is 0 Å². The maximum atomic E-state index is 11.7. The van der Waals surface area contributed by atoms with Crippen molar-refractivity contribution in [2.24, 2.45) is 0 Å². The van der Waals surface area contributed by atoms with Crippen molar-refractivity contribution in [2.45, 2.75) is 33.4 Å². The number of hydrogen-bond donors (Lipinski definition) is 2. The summed E-state index contributed by atoms with van der Waals surface area (Å²) in [4.78, 5) is 11.7. The van der Waals surface area contributed by atoms with Gasteiger partial charge in [-0.05, 0) is 26.5 Å². The van der Waals surface area contributed by atoms with E-state index in [1.165, 1.54) is 0 Å². The molecule has 1 atom stereocenters. The fourth-order valence-corrected chi connectivity index (χ4v) is 1.87. The molecule has 0 aromatic heterocycles. The van der Waals surface area contributed by atoms with E-state index in [1.807, 2.05) is 26.0 Å². The van der Waals surface area contributed by atoms with Crippen LogP contribution in [0.2, 0.25) is 5.02 Å². The van der Waals surface area contributed by atoms with E-state index in [4.69, 9.17) is 16.3 Å². The van der Waals surface area contributed by atoms with E-state index in [2.05, 4.69) is 10.6 Å². The van der Waals surface area contributed by atoms with Crippen LogP contribution in [0.1, 0.15) is 26.3 Å². The highest BCUT2D eigenvalue weighted by molar-refractivity contribution is 6.32. The fourth-order valence-electron chi connectivity index (χ4n) is 1.63. The normalized spacial score (nSPS) is 12.0. The Morgan fingerprint density at radius 1 is 1.37 bits per heavy atom.